The number of amides is 1. The predicted octanol–water partition coefficient (Wildman–Crippen LogP) is 3.05. The highest BCUT2D eigenvalue weighted by atomic mass is 16.6. The Hall–Kier alpha value is -3.33. The summed E-state index contributed by atoms with van der Waals surface area (Å²) < 4.78 is 10.5. The summed E-state index contributed by atoms with van der Waals surface area (Å²) >= 11 is 0. The molecule has 0 aliphatic rings. The number of esters is 1. The molecule has 0 aliphatic carbocycles. The van der Waals surface area contributed by atoms with E-state index >= 15 is 0 Å². The van der Waals surface area contributed by atoms with Crippen LogP contribution in [0, 0.1) is 18.3 Å². The van der Waals surface area contributed by atoms with E-state index < -0.39 is 12.0 Å². The highest BCUT2D eigenvalue weighted by Crippen LogP contribution is 2.29. The largest absolute Gasteiger partial charge is 0.493 e. The molecule has 2 aromatic rings. The Kier molecular flexibility index (Phi) is 6.34. The van der Waals surface area contributed by atoms with Crippen molar-refractivity contribution in [1.82, 2.24) is 5.32 Å². The van der Waals surface area contributed by atoms with E-state index in [-0.39, 0.29) is 18.1 Å². The number of nitrogens with zero attached hydrogens (tertiary/aromatic N) is 1. The number of ether oxygens (including phenoxy) is 2. The van der Waals surface area contributed by atoms with Crippen molar-refractivity contribution in [3.05, 3.63) is 59.2 Å². The lowest BCUT2D eigenvalue weighted by Crippen LogP contribution is -2.29. The summed E-state index contributed by atoms with van der Waals surface area (Å²) in [7, 11) is 1.43. The van der Waals surface area contributed by atoms with Crippen molar-refractivity contribution < 1.29 is 19.1 Å². The van der Waals surface area contributed by atoms with Gasteiger partial charge in [0, 0.05) is 13.0 Å². The Bertz CT molecular complexity index is 838. The number of hydrogen-bond donors (Lipinski definition) is 1. The Morgan fingerprint density at radius 1 is 1.15 bits per heavy atom. The molecule has 26 heavy (non-hydrogen) atoms. The first-order valence-corrected chi connectivity index (χ1v) is 8.05. The van der Waals surface area contributed by atoms with Crippen molar-refractivity contribution in [1.29, 1.82) is 5.26 Å². The number of methoxy groups -OCH3 is 1. The van der Waals surface area contributed by atoms with Crippen LogP contribution in [0.2, 0.25) is 0 Å². The zero-order valence-corrected chi connectivity index (χ0v) is 14.9. The molecular weight excluding hydrogens is 332 g/mol. The molecule has 0 saturated carbocycles. The molecule has 1 amide bonds. The summed E-state index contributed by atoms with van der Waals surface area (Å²) in [4.78, 5) is 23.9. The van der Waals surface area contributed by atoms with E-state index in [2.05, 4.69) is 5.32 Å². The fourth-order valence-electron chi connectivity index (χ4n) is 2.45. The third-order valence-electron chi connectivity index (χ3n) is 3.74. The molecule has 0 aliphatic heterocycles. The zero-order valence-electron chi connectivity index (χ0n) is 14.9. The van der Waals surface area contributed by atoms with E-state index in [0.717, 1.165) is 11.1 Å². The summed E-state index contributed by atoms with van der Waals surface area (Å²) in [5.41, 5.74) is 2.30. The van der Waals surface area contributed by atoms with E-state index in [0.29, 0.717) is 11.3 Å². The van der Waals surface area contributed by atoms with E-state index in [1.165, 1.54) is 32.2 Å². The van der Waals surface area contributed by atoms with Gasteiger partial charge in [-0.15, -0.1) is 0 Å². The second kappa shape index (κ2) is 8.67. The van der Waals surface area contributed by atoms with Crippen molar-refractivity contribution in [2.75, 3.05) is 7.11 Å². The van der Waals surface area contributed by atoms with Crippen molar-refractivity contribution in [3.8, 4) is 17.6 Å². The first-order valence-electron chi connectivity index (χ1n) is 8.05. The summed E-state index contributed by atoms with van der Waals surface area (Å²) in [6, 6.07) is 13.6. The quantitative estimate of drug-likeness (QED) is 0.638. The molecule has 0 heterocycles. The average molecular weight is 352 g/mol. The number of hydrogen-bond acceptors (Lipinski definition) is 5. The van der Waals surface area contributed by atoms with Gasteiger partial charge < -0.3 is 14.8 Å². The van der Waals surface area contributed by atoms with Crippen LogP contribution in [-0.4, -0.2) is 19.0 Å². The van der Waals surface area contributed by atoms with Crippen LogP contribution in [0.25, 0.3) is 0 Å². The molecule has 0 spiro atoms. The molecule has 1 unspecified atom stereocenters. The van der Waals surface area contributed by atoms with Gasteiger partial charge in [-0.25, -0.2) is 0 Å². The minimum absolute atomic E-state index is 0.0359. The molecule has 6 heteroatoms. The third kappa shape index (κ3) is 5.08. The predicted molar refractivity (Wildman–Crippen MR) is 95.7 cm³/mol. The Morgan fingerprint density at radius 2 is 1.85 bits per heavy atom. The lowest BCUT2D eigenvalue weighted by atomic mass is 10.0. The third-order valence-corrected chi connectivity index (χ3v) is 3.74. The maximum absolute atomic E-state index is 12.4. The van der Waals surface area contributed by atoms with Gasteiger partial charge in [0.1, 0.15) is 0 Å². The first-order chi connectivity index (χ1) is 12.4. The van der Waals surface area contributed by atoms with Crippen molar-refractivity contribution in [2.24, 2.45) is 0 Å². The monoisotopic (exact) mass is 352 g/mol. The summed E-state index contributed by atoms with van der Waals surface area (Å²) in [5, 5.41) is 11.7. The molecule has 1 atom stereocenters. The number of aryl methyl sites for hydroxylation is 1. The summed E-state index contributed by atoms with van der Waals surface area (Å²) in [5.74, 6) is -0.238. The van der Waals surface area contributed by atoms with Crippen LogP contribution >= 0.6 is 0 Å². The number of carbonyl (C=O) groups excluding carboxylic acids is 2. The van der Waals surface area contributed by atoms with Gasteiger partial charge in [0.2, 0.25) is 5.91 Å². The zero-order chi connectivity index (χ0) is 19.1. The minimum atomic E-state index is -0.521. The van der Waals surface area contributed by atoms with Crippen LogP contribution in [0.3, 0.4) is 0 Å². The standard InChI is InChI=1S/C20H20N2O4/c1-13-4-7-16(8-5-13)17(22-14(2)23)11-20(24)26-18-9-6-15(12-21)10-19(18)25-3/h4-10,17H,11H2,1-3H3,(H,22,23). The van der Waals surface area contributed by atoms with Gasteiger partial charge >= 0.3 is 5.97 Å². The first kappa shape index (κ1) is 19.0. The molecule has 2 rings (SSSR count). The van der Waals surface area contributed by atoms with Crippen LogP contribution in [0.15, 0.2) is 42.5 Å². The molecule has 0 saturated heterocycles. The van der Waals surface area contributed by atoms with Crippen LogP contribution in [0.5, 0.6) is 11.5 Å². The highest BCUT2D eigenvalue weighted by molar-refractivity contribution is 5.77. The van der Waals surface area contributed by atoms with Crippen LogP contribution in [0.4, 0.5) is 0 Å². The number of nitrogens with one attached hydrogen (secondary N) is 1. The van der Waals surface area contributed by atoms with Crippen molar-refractivity contribution in [3.63, 3.8) is 0 Å². The SMILES string of the molecule is COc1cc(C#N)ccc1OC(=O)CC(NC(C)=O)c1ccc(C)cc1. The molecule has 0 aromatic heterocycles. The normalized spacial score (nSPS) is 11.2. The van der Waals surface area contributed by atoms with E-state index in [1.54, 1.807) is 0 Å². The molecule has 0 bridgehead atoms. The Labute approximate surface area is 152 Å². The van der Waals surface area contributed by atoms with Crippen molar-refractivity contribution in [2.45, 2.75) is 26.3 Å². The van der Waals surface area contributed by atoms with E-state index in [1.807, 2.05) is 37.3 Å². The summed E-state index contributed by atoms with van der Waals surface area (Å²) in [6.45, 7) is 3.36. The van der Waals surface area contributed by atoms with Gasteiger partial charge in [-0.05, 0) is 24.6 Å². The fraction of sp³-hybridized carbons (Fsp3) is 0.250. The molecular formula is C20H20N2O4. The summed E-state index contributed by atoms with van der Waals surface area (Å²) in [6.07, 6.45) is -0.0359. The number of carbonyl (C=O) groups is 2. The van der Waals surface area contributed by atoms with Gasteiger partial charge in [-0.2, -0.15) is 5.26 Å². The number of rotatable bonds is 6. The van der Waals surface area contributed by atoms with Crippen LogP contribution in [0.1, 0.15) is 36.1 Å². The topological polar surface area (TPSA) is 88.4 Å². The van der Waals surface area contributed by atoms with Gasteiger partial charge in [-0.3, -0.25) is 9.59 Å². The average Bonchev–Trinajstić information content (AvgIpc) is 2.61. The number of nitriles is 1. The Morgan fingerprint density at radius 3 is 2.42 bits per heavy atom. The molecule has 0 radical (unpaired) electrons. The van der Waals surface area contributed by atoms with E-state index in [4.69, 9.17) is 14.7 Å². The van der Waals surface area contributed by atoms with Crippen LogP contribution in [-0.2, 0) is 9.59 Å². The van der Waals surface area contributed by atoms with Gasteiger partial charge in [0.15, 0.2) is 11.5 Å². The lowest BCUT2D eigenvalue weighted by molar-refractivity contribution is -0.135. The van der Waals surface area contributed by atoms with Crippen LogP contribution < -0.4 is 14.8 Å². The molecule has 6 nitrogen and oxygen atoms in total. The van der Waals surface area contributed by atoms with Gasteiger partial charge in [-0.1, -0.05) is 29.8 Å². The second-order valence-electron chi connectivity index (χ2n) is 5.82. The van der Waals surface area contributed by atoms with Crippen molar-refractivity contribution >= 4 is 11.9 Å². The lowest BCUT2D eigenvalue weighted by Gasteiger charge is -2.18. The van der Waals surface area contributed by atoms with E-state index in [9.17, 15) is 9.59 Å². The minimum Gasteiger partial charge on any atom is -0.493 e. The second-order valence-corrected chi connectivity index (χ2v) is 5.82. The molecule has 1 N–H and O–H groups in total. The highest BCUT2D eigenvalue weighted by Gasteiger charge is 2.20. The maximum Gasteiger partial charge on any atom is 0.313 e. The molecule has 0 fully saturated rings. The smallest absolute Gasteiger partial charge is 0.313 e. The Balaban J connectivity index is 2.16. The molecule has 134 valence electrons. The maximum atomic E-state index is 12.4. The van der Waals surface area contributed by atoms with Gasteiger partial charge in [0.25, 0.3) is 0 Å². The van der Waals surface area contributed by atoms with Gasteiger partial charge in [0.05, 0.1) is 31.2 Å². The number of benzene rings is 2. The molecule has 2 aromatic carbocycles. The fourth-order valence-corrected chi connectivity index (χ4v) is 2.45.